The maximum Gasteiger partial charge on any atom is 0.365 e. The average molecular weight is 368 g/mol. The minimum atomic E-state index is -0.429. The maximum atomic E-state index is 12.4. The van der Waals surface area contributed by atoms with Crippen LogP contribution in [0.5, 0.6) is 0 Å². The van der Waals surface area contributed by atoms with Crippen molar-refractivity contribution in [3.63, 3.8) is 0 Å². The number of hydrogen-bond acceptors (Lipinski definition) is 3. The number of fused-ring (bicyclic) bond motifs is 3. The van der Waals surface area contributed by atoms with Crippen LogP contribution in [0.3, 0.4) is 0 Å². The Hall–Kier alpha value is -3.40. The maximum absolute atomic E-state index is 12.4. The van der Waals surface area contributed by atoms with Crippen LogP contribution >= 0.6 is 0 Å². The number of carbonyl (C=O) groups is 1. The van der Waals surface area contributed by atoms with Crippen molar-refractivity contribution >= 4 is 33.5 Å². The Morgan fingerprint density at radius 2 is 1.75 bits per heavy atom. The van der Waals surface area contributed by atoms with Crippen molar-refractivity contribution in [2.75, 3.05) is 0 Å². The lowest BCUT2D eigenvalue weighted by Crippen LogP contribution is -2.27. The molecule has 0 bridgehead atoms. The molecule has 0 saturated heterocycles. The first kappa shape index (κ1) is 16.8. The molecule has 0 spiro atoms. The van der Waals surface area contributed by atoms with Gasteiger partial charge in [-0.1, -0.05) is 66.7 Å². The molecule has 4 aromatic rings. The van der Waals surface area contributed by atoms with Crippen molar-refractivity contribution in [1.82, 2.24) is 4.57 Å². The molecular formula is C24H20N2O2. The summed E-state index contributed by atoms with van der Waals surface area (Å²) in [7, 11) is 0. The molecule has 3 aromatic carbocycles. The van der Waals surface area contributed by atoms with Gasteiger partial charge in [0.1, 0.15) is 0 Å². The molecule has 2 heterocycles. The fraction of sp³-hybridized carbons (Fsp3) is 0.167. The van der Waals surface area contributed by atoms with Crippen LogP contribution in [0.4, 0.5) is 0 Å². The molecule has 0 amide bonds. The van der Waals surface area contributed by atoms with E-state index in [2.05, 4.69) is 59.1 Å². The summed E-state index contributed by atoms with van der Waals surface area (Å²) in [6.07, 6.45) is 0.921. The first-order valence-electron chi connectivity index (χ1n) is 9.62. The van der Waals surface area contributed by atoms with Crippen LogP contribution in [-0.4, -0.2) is 16.2 Å². The summed E-state index contributed by atoms with van der Waals surface area (Å²) in [6, 6.07) is 23.8. The van der Waals surface area contributed by atoms with Gasteiger partial charge in [-0.25, -0.2) is 4.79 Å². The fourth-order valence-corrected chi connectivity index (χ4v) is 4.20. The first-order chi connectivity index (χ1) is 13.8. The minimum Gasteiger partial charge on any atom is -0.339 e. The fourth-order valence-electron chi connectivity index (χ4n) is 4.20. The predicted molar refractivity (Wildman–Crippen MR) is 112 cm³/mol. The molecule has 1 atom stereocenters. The molecule has 0 N–H and O–H groups in total. The molecule has 4 heteroatoms. The van der Waals surface area contributed by atoms with E-state index in [9.17, 15) is 4.79 Å². The van der Waals surface area contributed by atoms with Crippen LogP contribution in [0.15, 0.2) is 78.0 Å². The number of hydrogen-bond donors (Lipinski definition) is 0. The van der Waals surface area contributed by atoms with Crippen LogP contribution in [0.2, 0.25) is 0 Å². The van der Waals surface area contributed by atoms with Crippen molar-refractivity contribution in [1.29, 1.82) is 0 Å². The molecule has 0 radical (unpaired) electrons. The monoisotopic (exact) mass is 368 g/mol. The lowest BCUT2D eigenvalue weighted by atomic mass is 9.90. The van der Waals surface area contributed by atoms with Gasteiger partial charge in [-0.05, 0) is 24.6 Å². The molecule has 0 fully saturated rings. The van der Waals surface area contributed by atoms with E-state index in [0.29, 0.717) is 5.56 Å². The van der Waals surface area contributed by atoms with E-state index in [1.54, 1.807) is 12.1 Å². The summed E-state index contributed by atoms with van der Waals surface area (Å²) in [5.74, 6) is -0.237. The molecule has 138 valence electrons. The minimum absolute atomic E-state index is 0.192. The van der Waals surface area contributed by atoms with Gasteiger partial charge in [-0.15, -0.1) is 0 Å². The lowest BCUT2D eigenvalue weighted by Gasteiger charge is -2.25. The van der Waals surface area contributed by atoms with Gasteiger partial charge in [0, 0.05) is 34.3 Å². The predicted octanol–water partition coefficient (Wildman–Crippen LogP) is 5.40. The number of para-hydroxylation sites is 2. The largest absolute Gasteiger partial charge is 0.365 e. The summed E-state index contributed by atoms with van der Waals surface area (Å²) in [4.78, 5) is 17.7. The van der Waals surface area contributed by atoms with Gasteiger partial charge in [0.2, 0.25) is 0 Å². The second-order valence-electron chi connectivity index (χ2n) is 7.16. The average Bonchev–Trinajstić information content (AvgIpc) is 3.08. The van der Waals surface area contributed by atoms with Crippen molar-refractivity contribution < 1.29 is 9.63 Å². The van der Waals surface area contributed by atoms with Crippen molar-refractivity contribution in [2.24, 2.45) is 11.1 Å². The second-order valence-corrected chi connectivity index (χ2v) is 7.16. The summed E-state index contributed by atoms with van der Waals surface area (Å²) in [5.41, 5.74) is 4.81. The third kappa shape index (κ3) is 2.53. The highest BCUT2D eigenvalue weighted by molar-refractivity contribution is 6.19. The topological polar surface area (TPSA) is 43.6 Å². The van der Waals surface area contributed by atoms with Crippen LogP contribution < -0.4 is 0 Å². The van der Waals surface area contributed by atoms with Crippen molar-refractivity contribution in [3.05, 3.63) is 83.9 Å². The summed E-state index contributed by atoms with van der Waals surface area (Å²) >= 11 is 0. The van der Waals surface area contributed by atoms with E-state index in [4.69, 9.17) is 4.84 Å². The second kappa shape index (κ2) is 6.64. The molecule has 1 aliphatic rings. The third-order valence-corrected chi connectivity index (χ3v) is 5.59. The van der Waals surface area contributed by atoms with E-state index >= 15 is 0 Å². The number of rotatable bonds is 3. The first-order valence-corrected chi connectivity index (χ1v) is 9.62. The van der Waals surface area contributed by atoms with E-state index in [0.717, 1.165) is 24.2 Å². The molecule has 1 aromatic heterocycles. The number of oxime groups is 1. The van der Waals surface area contributed by atoms with Crippen molar-refractivity contribution in [3.8, 4) is 0 Å². The number of aromatic nitrogens is 1. The number of benzene rings is 3. The Labute approximate surface area is 163 Å². The zero-order valence-electron chi connectivity index (χ0n) is 15.6. The highest BCUT2D eigenvalue weighted by Crippen LogP contribution is 2.37. The standard InChI is InChI=1S/C24H20N2O2/c1-2-16-15-26-21-14-7-6-11-18(21)19-12-8-13-20(23(19)26)22(16)25-28-24(27)17-9-4-3-5-10-17/h3-14,16H,2,15H2,1H3/b25-22+. The Balaban J connectivity index is 1.64. The Morgan fingerprint density at radius 1 is 1.00 bits per heavy atom. The number of nitrogens with zero attached hydrogens (tertiary/aromatic N) is 2. The molecule has 0 saturated carbocycles. The molecule has 4 nitrogen and oxygen atoms in total. The van der Waals surface area contributed by atoms with Gasteiger partial charge in [0.15, 0.2) is 0 Å². The molecule has 0 aliphatic carbocycles. The molecule has 1 aliphatic heterocycles. The van der Waals surface area contributed by atoms with E-state index in [-0.39, 0.29) is 5.92 Å². The van der Waals surface area contributed by atoms with Gasteiger partial charge in [-0.3, -0.25) is 0 Å². The zero-order chi connectivity index (χ0) is 19.1. The Bertz CT molecular complexity index is 1220. The van der Waals surface area contributed by atoms with Gasteiger partial charge < -0.3 is 9.40 Å². The highest BCUT2D eigenvalue weighted by Gasteiger charge is 2.29. The zero-order valence-corrected chi connectivity index (χ0v) is 15.6. The van der Waals surface area contributed by atoms with Gasteiger partial charge in [-0.2, -0.15) is 0 Å². The molecular weight excluding hydrogens is 348 g/mol. The van der Waals surface area contributed by atoms with Crippen LogP contribution in [-0.2, 0) is 11.4 Å². The van der Waals surface area contributed by atoms with E-state index in [1.807, 2.05) is 18.2 Å². The normalized spacial score (nSPS) is 17.3. The molecule has 1 unspecified atom stereocenters. The highest BCUT2D eigenvalue weighted by atomic mass is 16.7. The van der Waals surface area contributed by atoms with Crippen LogP contribution in [0, 0.1) is 5.92 Å². The Kier molecular flexibility index (Phi) is 3.97. The van der Waals surface area contributed by atoms with Crippen LogP contribution in [0.1, 0.15) is 29.3 Å². The summed E-state index contributed by atoms with van der Waals surface area (Å²) < 4.78 is 2.38. The quantitative estimate of drug-likeness (QED) is 0.359. The SMILES string of the molecule is CCC1Cn2c3ccccc3c3cccc(c32)/C1=N/OC(=O)c1ccccc1. The van der Waals surface area contributed by atoms with E-state index in [1.165, 1.54) is 21.8 Å². The van der Waals surface area contributed by atoms with Crippen molar-refractivity contribution in [2.45, 2.75) is 19.9 Å². The molecule has 28 heavy (non-hydrogen) atoms. The van der Waals surface area contributed by atoms with Gasteiger partial charge in [0.05, 0.1) is 16.8 Å². The third-order valence-electron chi connectivity index (χ3n) is 5.59. The Morgan fingerprint density at radius 3 is 2.57 bits per heavy atom. The molecule has 5 rings (SSSR count). The summed E-state index contributed by atoms with van der Waals surface area (Å²) in [6.45, 7) is 2.98. The summed E-state index contributed by atoms with van der Waals surface area (Å²) in [5, 5.41) is 6.82. The van der Waals surface area contributed by atoms with Gasteiger partial charge >= 0.3 is 5.97 Å². The number of carbonyl (C=O) groups excluding carboxylic acids is 1. The van der Waals surface area contributed by atoms with Crippen LogP contribution in [0.25, 0.3) is 21.8 Å². The lowest BCUT2D eigenvalue weighted by molar-refractivity contribution is 0.0513. The van der Waals surface area contributed by atoms with E-state index < -0.39 is 5.97 Å². The van der Waals surface area contributed by atoms with Gasteiger partial charge in [0.25, 0.3) is 0 Å². The smallest absolute Gasteiger partial charge is 0.339 e.